The summed E-state index contributed by atoms with van der Waals surface area (Å²) in [6, 6.07) is 12.8. The van der Waals surface area contributed by atoms with Gasteiger partial charge in [-0.15, -0.1) is 0 Å². The van der Waals surface area contributed by atoms with Crippen molar-refractivity contribution in [2.45, 2.75) is 25.8 Å². The van der Waals surface area contributed by atoms with E-state index in [0.717, 1.165) is 29.6 Å². The third-order valence-electron chi connectivity index (χ3n) is 3.62. The maximum atomic E-state index is 4.76. The van der Waals surface area contributed by atoms with E-state index in [4.69, 9.17) is 4.98 Å². The van der Waals surface area contributed by atoms with Crippen LogP contribution in [0.15, 0.2) is 36.4 Å². The second-order valence-corrected chi connectivity index (χ2v) is 5.07. The Hall–Kier alpha value is -2.10. The smallest absolute Gasteiger partial charge is 0.163 e. The minimum Gasteiger partial charge on any atom is -0.373 e. The molecule has 2 aromatic rings. The molecule has 0 atom stereocenters. The number of anilines is 2. The van der Waals surface area contributed by atoms with E-state index in [9.17, 15) is 0 Å². The highest BCUT2D eigenvalue weighted by atomic mass is 15.2. The summed E-state index contributed by atoms with van der Waals surface area (Å²) < 4.78 is 0. The van der Waals surface area contributed by atoms with Crippen molar-refractivity contribution in [3.05, 3.63) is 36.4 Å². The average molecular weight is 268 g/mol. The lowest BCUT2D eigenvalue weighted by Gasteiger charge is -2.22. The Bertz CT molecular complexity index is 578. The van der Waals surface area contributed by atoms with Crippen LogP contribution in [0.1, 0.15) is 19.8 Å². The van der Waals surface area contributed by atoms with Gasteiger partial charge in [0.25, 0.3) is 0 Å². The van der Waals surface area contributed by atoms with Crippen molar-refractivity contribution in [3.8, 4) is 11.4 Å². The van der Waals surface area contributed by atoms with Crippen LogP contribution in [-0.4, -0.2) is 29.6 Å². The maximum Gasteiger partial charge on any atom is 0.163 e. The van der Waals surface area contributed by atoms with Crippen molar-refractivity contribution in [3.63, 3.8) is 0 Å². The van der Waals surface area contributed by atoms with Crippen LogP contribution in [0.5, 0.6) is 0 Å². The van der Waals surface area contributed by atoms with E-state index in [1.165, 1.54) is 12.8 Å². The minimum atomic E-state index is 0.656. The first-order valence-electron chi connectivity index (χ1n) is 7.20. The first-order chi connectivity index (χ1) is 9.81. The van der Waals surface area contributed by atoms with Crippen molar-refractivity contribution in [1.29, 1.82) is 0 Å². The fourth-order valence-corrected chi connectivity index (χ4v) is 2.42. The summed E-state index contributed by atoms with van der Waals surface area (Å²) in [6.07, 6.45) is 2.54. The van der Waals surface area contributed by atoms with Crippen LogP contribution < -0.4 is 10.2 Å². The van der Waals surface area contributed by atoms with E-state index in [2.05, 4.69) is 22.1 Å². The third kappa shape index (κ3) is 2.59. The van der Waals surface area contributed by atoms with Gasteiger partial charge in [-0.25, -0.2) is 9.97 Å². The molecule has 1 aliphatic carbocycles. The largest absolute Gasteiger partial charge is 0.373 e. The second-order valence-electron chi connectivity index (χ2n) is 5.07. The molecule has 3 rings (SSSR count). The predicted molar refractivity (Wildman–Crippen MR) is 83.1 cm³/mol. The number of rotatable bonds is 5. The molecular formula is C16H20N4. The van der Waals surface area contributed by atoms with Gasteiger partial charge in [0.2, 0.25) is 0 Å². The van der Waals surface area contributed by atoms with Crippen molar-refractivity contribution in [1.82, 2.24) is 9.97 Å². The van der Waals surface area contributed by atoms with Crippen molar-refractivity contribution >= 4 is 11.6 Å². The van der Waals surface area contributed by atoms with Gasteiger partial charge in [0.05, 0.1) is 0 Å². The molecule has 1 aromatic carbocycles. The van der Waals surface area contributed by atoms with E-state index in [1.54, 1.807) is 0 Å². The Morgan fingerprint density at radius 2 is 1.95 bits per heavy atom. The first-order valence-corrected chi connectivity index (χ1v) is 7.20. The molecule has 1 aromatic heterocycles. The van der Waals surface area contributed by atoms with Gasteiger partial charge in [-0.2, -0.15) is 0 Å². The zero-order valence-electron chi connectivity index (χ0n) is 12.0. The molecular weight excluding hydrogens is 248 g/mol. The third-order valence-corrected chi connectivity index (χ3v) is 3.62. The standard InChI is InChI=1S/C16H20N4/c1-3-20(13-9-10-13)15-11-14(17-2)18-16(19-15)12-7-5-4-6-8-12/h4-8,11,13H,3,9-10H2,1-2H3,(H,17,18,19). The number of nitrogens with zero attached hydrogens (tertiary/aromatic N) is 3. The molecule has 0 spiro atoms. The first kappa shape index (κ1) is 12.9. The highest BCUT2D eigenvalue weighted by Gasteiger charge is 2.29. The summed E-state index contributed by atoms with van der Waals surface area (Å²) in [7, 11) is 1.90. The summed E-state index contributed by atoms with van der Waals surface area (Å²) in [5.74, 6) is 2.67. The van der Waals surface area contributed by atoms with Crippen molar-refractivity contribution < 1.29 is 0 Å². The lowest BCUT2D eigenvalue weighted by Crippen LogP contribution is -2.26. The molecule has 1 N–H and O–H groups in total. The topological polar surface area (TPSA) is 41.0 Å². The quantitative estimate of drug-likeness (QED) is 0.904. The molecule has 1 fully saturated rings. The highest BCUT2D eigenvalue weighted by Crippen LogP contribution is 2.32. The molecule has 0 aliphatic heterocycles. The SMILES string of the molecule is CCN(c1cc(NC)nc(-c2ccccc2)n1)C1CC1. The van der Waals surface area contributed by atoms with Crippen molar-refractivity contribution in [2.75, 3.05) is 23.8 Å². The van der Waals surface area contributed by atoms with E-state index in [-0.39, 0.29) is 0 Å². The van der Waals surface area contributed by atoms with Crippen LogP contribution in [0.25, 0.3) is 11.4 Å². The van der Waals surface area contributed by atoms with E-state index in [0.29, 0.717) is 6.04 Å². The summed E-state index contributed by atoms with van der Waals surface area (Å²) in [6.45, 7) is 3.17. The fourth-order valence-electron chi connectivity index (χ4n) is 2.42. The normalized spacial score (nSPS) is 14.1. The Kier molecular flexibility index (Phi) is 3.54. The van der Waals surface area contributed by atoms with Gasteiger partial charge >= 0.3 is 0 Å². The number of aromatic nitrogens is 2. The number of benzene rings is 1. The van der Waals surface area contributed by atoms with Gasteiger partial charge in [0.1, 0.15) is 11.6 Å². The van der Waals surface area contributed by atoms with Crippen LogP contribution >= 0.6 is 0 Å². The molecule has 0 radical (unpaired) electrons. The van der Waals surface area contributed by atoms with E-state index in [1.807, 2.05) is 43.4 Å². The maximum absolute atomic E-state index is 4.76. The zero-order valence-corrected chi connectivity index (χ0v) is 12.0. The van der Waals surface area contributed by atoms with Gasteiger partial charge in [-0.3, -0.25) is 0 Å². The minimum absolute atomic E-state index is 0.656. The predicted octanol–water partition coefficient (Wildman–Crippen LogP) is 3.17. The van der Waals surface area contributed by atoms with Crippen molar-refractivity contribution in [2.24, 2.45) is 0 Å². The Balaban J connectivity index is 2.02. The molecule has 0 amide bonds. The molecule has 4 nitrogen and oxygen atoms in total. The molecule has 0 bridgehead atoms. The number of nitrogens with one attached hydrogen (secondary N) is 1. The molecule has 1 saturated carbocycles. The lowest BCUT2D eigenvalue weighted by atomic mass is 10.2. The highest BCUT2D eigenvalue weighted by molar-refractivity contribution is 5.62. The van der Waals surface area contributed by atoms with E-state index < -0.39 is 0 Å². The summed E-state index contributed by atoms with van der Waals surface area (Å²) in [5, 5.41) is 3.14. The Morgan fingerprint density at radius 3 is 2.55 bits per heavy atom. The molecule has 0 saturated heterocycles. The second kappa shape index (κ2) is 5.49. The average Bonchev–Trinajstić information content (AvgIpc) is 3.33. The van der Waals surface area contributed by atoms with Crippen LogP contribution in [0, 0.1) is 0 Å². The van der Waals surface area contributed by atoms with Gasteiger partial charge in [-0.1, -0.05) is 30.3 Å². The summed E-state index contributed by atoms with van der Waals surface area (Å²) in [4.78, 5) is 11.7. The van der Waals surface area contributed by atoms with Crippen LogP contribution in [-0.2, 0) is 0 Å². The van der Waals surface area contributed by atoms with Crippen LogP contribution in [0.4, 0.5) is 11.6 Å². The molecule has 1 aliphatic rings. The molecule has 4 heteroatoms. The van der Waals surface area contributed by atoms with Crippen LogP contribution in [0.3, 0.4) is 0 Å². The summed E-state index contributed by atoms with van der Waals surface area (Å²) >= 11 is 0. The molecule has 104 valence electrons. The number of hydrogen-bond acceptors (Lipinski definition) is 4. The molecule has 0 unspecified atom stereocenters. The summed E-state index contributed by atoms with van der Waals surface area (Å²) in [5.41, 5.74) is 1.05. The van der Waals surface area contributed by atoms with Gasteiger partial charge < -0.3 is 10.2 Å². The van der Waals surface area contributed by atoms with Gasteiger partial charge in [0.15, 0.2) is 5.82 Å². The zero-order chi connectivity index (χ0) is 13.9. The van der Waals surface area contributed by atoms with Gasteiger partial charge in [-0.05, 0) is 19.8 Å². The fraction of sp³-hybridized carbons (Fsp3) is 0.375. The molecule has 20 heavy (non-hydrogen) atoms. The number of hydrogen-bond donors (Lipinski definition) is 1. The monoisotopic (exact) mass is 268 g/mol. The van der Waals surface area contributed by atoms with E-state index >= 15 is 0 Å². The van der Waals surface area contributed by atoms with Crippen LogP contribution in [0.2, 0.25) is 0 Å². The van der Waals surface area contributed by atoms with Gasteiger partial charge in [0, 0.05) is 31.3 Å². The lowest BCUT2D eigenvalue weighted by molar-refractivity contribution is 0.806. The Labute approximate surface area is 119 Å². The Morgan fingerprint density at radius 1 is 1.20 bits per heavy atom. The molecule has 1 heterocycles.